The number of rotatable bonds is 9. The van der Waals surface area contributed by atoms with Crippen molar-refractivity contribution in [3.63, 3.8) is 0 Å². The summed E-state index contributed by atoms with van der Waals surface area (Å²) in [6, 6.07) is 19.7. The Morgan fingerprint density at radius 2 is 1.86 bits per heavy atom. The molecule has 0 saturated heterocycles. The van der Waals surface area contributed by atoms with Gasteiger partial charge in [0.2, 0.25) is 0 Å². The molecule has 0 aliphatic heterocycles. The lowest BCUT2D eigenvalue weighted by Gasteiger charge is -2.12. The second kappa shape index (κ2) is 12.7. The molecule has 0 fully saturated rings. The largest absolute Gasteiger partial charge is 0.493 e. The highest BCUT2D eigenvalue weighted by molar-refractivity contribution is 14.1. The summed E-state index contributed by atoms with van der Waals surface area (Å²) in [7, 11) is 1.50. The first kappa shape index (κ1) is 26.0. The van der Waals surface area contributed by atoms with Crippen molar-refractivity contribution in [1.29, 1.82) is 5.26 Å². The van der Waals surface area contributed by atoms with Gasteiger partial charge < -0.3 is 19.5 Å². The first-order valence-corrected chi connectivity index (χ1v) is 11.7. The molecule has 0 unspecified atom stereocenters. The maximum Gasteiger partial charge on any atom is 0.266 e. The van der Waals surface area contributed by atoms with Gasteiger partial charge in [0, 0.05) is 10.7 Å². The monoisotopic (exact) mass is 598 g/mol. The molecule has 0 spiro atoms. The number of hydrogen-bond donors (Lipinski definition) is 1. The maximum atomic E-state index is 12.7. The molecule has 0 heterocycles. The zero-order valence-corrected chi connectivity index (χ0v) is 21.6. The fraction of sp³-hybridized carbons (Fsp3) is 0.111. The van der Waals surface area contributed by atoms with Gasteiger partial charge in [-0.25, -0.2) is 0 Å². The molecular formula is C27H20ClIN2O4. The van der Waals surface area contributed by atoms with E-state index in [0.717, 1.165) is 9.13 Å². The molecule has 1 N–H and O–H groups in total. The van der Waals surface area contributed by atoms with Crippen molar-refractivity contribution >= 4 is 51.9 Å². The second-order valence-corrected chi connectivity index (χ2v) is 8.69. The van der Waals surface area contributed by atoms with Crippen molar-refractivity contribution < 1.29 is 19.0 Å². The number of anilines is 1. The maximum absolute atomic E-state index is 12.7. The van der Waals surface area contributed by atoms with Crippen molar-refractivity contribution in [3.05, 3.63) is 86.0 Å². The summed E-state index contributed by atoms with van der Waals surface area (Å²) in [5.74, 6) is 3.46. The van der Waals surface area contributed by atoms with Gasteiger partial charge in [0.15, 0.2) is 11.5 Å². The summed E-state index contributed by atoms with van der Waals surface area (Å²) in [5, 5.41) is 12.9. The molecule has 176 valence electrons. The number of hydrogen-bond acceptors (Lipinski definition) is 5. The number of halogens is 2. The number of nitrogens with zero attached hydrogens (tertiary/aromatic N) is 1. The van der Waals surface area contributed by atoms with Crippen molar-refractivity contribution in [2.24, 2.45) is 0 Å². The van der Waals surface area contributed by atoms with Crippen LogP contribution in [-0.2, 0) is 11.4 Å². The van der Waals surface area contributed by atoms with Crippen molar-refractivity contribution in [3.8, 4) is 35.7 Å². The number of amides is 1. The van der Waals surface area contributed by atoms with E-state index < -0.39 is 5.91 Å². The van der Waals surface area contributed by atoms with E-state index in [-0.39, 0.29) is 12.2 Å². The minimum atomic E-state index is -0.538. The summed E-state index contributed by atoms with van der Waals surface area (Å²) in [6.07, 6.45) is 6.74. The Balaban J connectivity index is 1.68. The zero-order valence-electron chi connectivity index (χ0n) is 18.7. The quantitative estimate of drug-likeness (QED) is 0.140. The molecule has 6 nitrogen and oxygen atoms in total. The van der Waals surface area contributed by atoms with E-state index in [4.69, 9.17) is 32.2 Å². The fourth-order valence-corrected chi connectivity index (χ4v) is 3.88. The number of nitriles is 1. The summed E-state index contributed by atoms with van der Waals surface area (Å²) in [5.41, 5.74) is 2.05. The van der Waals surface area contributed by atoms with E-state index in [1.54, 1.807) is 48.5 Å². The Hall–Kier alpha value is -3.66. The molecule has 3 aromatic rings. The average molecular weight is 599 g/mol. The molecule has 0 bridgehead atoms. The predicted octanol–water partition coefficient (Wildman–Crippen LogP) is 6.09. The number of carbonyl (C=O) groups excluding carboxylic acids is 1. The number of methoxy groups -OCH3 is 1. The first-order valence-electron chi connectivity index (χ1n) is 10.3. The van der Waals surface area contributed by atoms with E-state index in [0.29, 0.717) is 40.1 Å². The molecule has 0 saturated carbocycles. The SMILES string of the molecule is C#CCOc1c(I)cc(/C=C(\C#N)C(=O)Nc2ccc(OCc3ccc(Cl)cc3)cc2)cc1OC. The van der Waals surface area contributed by atoms with Crippen LogP contribution in [0.15, 0.2) is 66.2 Å². The minimum absolute atomic E-state index is 0.0665. The highest BCUT2D eigenvalue weighted by Crippen LogP contribution is 2.34. The van der Waals surface area contributed by atoms with E-state index in [9.17, 15) is 10.1 Å². The van der Waals surface area contributed by atoms with E-state index in [2.05, 4.69) is 33.8 Å². The topological polar surface area (TPSA) is 80.6 Å². The molecule has 35 heavy (non-hydrogen) atoms. The van der Waals surface area contributed by atoms with E-state index in [1.807, 2.05) is 18.2 Å². The summed E-state index contributed by atoms with van der Waals surface area (Å²) in [4.78, 5) is 12.7. The molecule has 8 heteroatoms. The van der Waals surface area contributed by atoms with Gasteiger partial charge in [-0.2, -0.15) is 5.26 Å². The van der Waals surface area contributed by atoms with Crippen LogP contribution in [0.5, 0.6) is 17.2 Å². The minimum Gasteiger partial charge on any atom is -0.493 e. The number of terminal acetylenes is 1. The van der Waals surface area contributed by atoms with Crippen molar-refractivity contribution in [2.45, 2.75) is 6.61 Å². The number of carbonyl (C=O) groups is 1. The fourth-order valence-electron chi connectivity index (χ4n) is 2.97. The molecule has 0 radical (unpaired) electrons. The Kier molecular flexibility index (Phi) is 9.42. The molecule has 1 amide bonds. The molecule has 0 aromatic heterocycles. The van der Waals surface area contributed by atoms with Gasteiger partial charge in [-0.3, -0.25) is 4.79 Å². The molecule has 0 atom stereocenters. The normalized spacial score (nSPS) is 10.6. The van der Waals surface area contributed by atoms with Gasteiger partial charge in [-0.15, -0.1) is 6.42 Å². The number of nitrogens with one attached hydrogen (secondary N) is 1. The van der Waals surface area contributed by atoms with Gasteiger partial charge >= 0.3 is 0 Å². The van der Waals surface area contributed by atoms with Crippen LogP contribution in [0.1, 0.15) is 11.1 Å². The smallest absolute Gasteiger partial charge is 0.266 e. The Morgan fingerprint density at radius 3 is 2.49 bits per heavy atom. The molecule has 0 aliphatic rings. The van der Waals surface area contributed by atoms with Crippen LogP contribution in [-0.4, -0.2) is 19.6 Å². The van der Waals surface area contributed by atoms with E-state index >= 15 is 0 Å². The summed E-state index contributed by atoms with van der Waals surface area (Å²) < 4.78 is 17.4. The van der Waals surface area contributed by atoms with Crippen molar-refractivity contribution in [1.82, 2.24) is 0 Å². The highest BCUT2D eigenvalue weighted by atomic mass is 127. The Bertz CT molecular complexity index is 1310. The average Bonchev–Trinajstić information content (AvgIpc) is 2.86. The van der Waals surface area contributed by atoms with Gasteiger partial charge in [0.1, 0.15) is 30.6 Å². The summed E-state index contributed by atoms with van der Waals surface area (Å²) in [6.45, 7) is 0.484. The van der Waals surface area contributed by atoms with Gasteiger partial charge in [0.25, 0.3) is 5.91 Å². The lowest BCUT2D eigenvalue weighted by molar-refractivity contribution is -0.112. The standard InChI is InChI=1S/C27H20ClIN2O4/c1-3-12-34-26-24(29)14-19(15-25(26)33-2)13-20(16-30)27(32)31-22-8-10-23(11-9-22)35-17-18-4-6-21(28)7-5-18/h1,4-11,13-15H,12,17H2,2H3,(H,31,32)/b20-13+. The number of ether oxygens (including phenoxy) is 3. The van der Waals surface area contributed by atoms with Crippen LogP contribution in [0.2, 0.25) is 5.02 Å². The zero-order chi connectivity index (χ0) is 25.2. The Labute approximate surface area is 222 Å². The third-order valence-corrected chi connectivity index (χ3v) is 5.71. The molecular weight excluding hydrogens is 579 g/mol. The van der Waals surface area contributed by atoms with Gasteiger partial charge in [-0.1, -0.05) is 29.7 Å². The second-order valence-electron chi connectivity index (χ2n) is 7.09. The van der Waals surface area contributed by atoms with Crippen LogP contribution in [0.4, 0.5) is 5.69 Å². The molecule has 0 aliphatic carbocycles. The number of benzene rings is 3. The van der Waals surface area contributed by atoms with E-state index in [1.165, 1.54) is 13.2 Å². The third-order valence-electron chi connectivity index (χ3n) is 4.66. The van der Waals surface area contributed by atoms with Crippen LogP contribution in [0.25, 0.3) is 6.08 Å². The molecule has 3 aromatic carbocycles. The van der Waals surface area contributed by atoms with Gasteiger partial charge in [0.05, 0.1) is 10.7 Å². The van der Waals surface area contributed by atoms with Crippen LogP contribution in [0, 0.1) is 27.2 Å². The highest BCUT2D eigenvalue weighted by Gasteiger charge is 2.14. The van der Waals surface area contributed by atoms with Crippen LogP contribution >= 0.6 is 34.2 Å². The first-order chi connectivity index (χ1) is 16.9. The third kappa shape index (κ3) is 7.41. The Morgan fingerprint density at radius 1 is 1.14 bits per heavy atom. The van der Waals surface area contributed by atoms with Crippen LogP contribution in [0.3, 0.4) is 0 Å². The van der Waals surface area contributed by atoms with Crippen molar-refractivity contribution in [2.75, 3.05) is 19.0 Å². The molecule has 3 rings (SSSR count). The predicted molar refractivity (Wildman–Crippen MR) is 144 cm³/mol. The van der Waals surface area contributed by atoms with Crippen LogP contribution < -0.4 is 19.5 Å². The van der Waals surface area contributed by atoms with Gasteiger partial charge in [-0.05, 0) is 88.3 Å². The lowest BCUT2D eigenvalue weighted by Crippen LogP contribution is -2.13. The summed E-state index contributed by atoms with van der Waals surface area (Å²) >= 11 is 7.97. The lowest BCUT2D eigenvalue weighted by atomic mass is 10.1.